The molecule has 0 fully saturated rings. The third kappa shape index (κ3) is 4.30. The Kier molecular flexibility index (Phi) is 5.39. The van der Waals surface area contributed by atoms with Crippen molar-refractivity contribution in [1.82, 2.24) is 9.97 Å². The quantitative estimate of drug-likeness (QED) is 0.792. The van der Waals surface area contributed by atoms with Crippen molar-refractivity contribution >= 4 is 33.3 Å². The number of nitrogens with two attached hydrogens (primary N) is 1. The van der Waals surface area contributed by atoms with Gasteiger partial charge in [0.05, 0.1) is 5.39 Å². The van der Waals surface area contributed by atoms with Crippen LogP contribution in [0.1, 0.15) is 51.8 Å². The Bertz CT molecular complexity index is 591. The first-order valence-electron chi connectivity index (χ1n) is 7.82. The number of anilines is 2. The van der Waals surface area contributed by atoms with Crippen LogP contribution in [-0.2, 0) is 6.42 Å². The summed E-state index contributed by atoms with van der Waals surface area (Å²) in [6, 6.07) is 2.58. The molecule has 0 aliphatic rings. The number of aryl methyl sites for hydroxylation is 1. The van der Waals surface area contributed by atoms with Crippen molar-refractivity contribution in [3.05, 3.63) is 10.9 Å². The molecule has 1 atom stereocenters. The van der Waals surface area contributed by atoms with Crippen molar-refractivity contribution in [2.45, 2.75) is 59.4 Å². The lowest BCUT2D eigenvalue weighted by Crippen LogP contribution is -2.17. The highest BCUT2D eigenvalue weighted by molar-refractivity contribution is 7.18. The molecule has 2 rings (SSSR count). The number of nitrogens with zero attached hydrogens (tertiary/aromatic N) is 2. The van der Waals surface area contributed by atoms with E-state index >= 15 is 0 Å². The van der Waals surface area contributed by atoms with E-state index in [9.17, 15) is 0 Å². The Labute approximate surface area is 131 Å². The van der Waals surface area contributed by atoms with E-state index in [0.717, 1.165) is 34.8 Å². The zero-order valence-corrected chi connectivity index (χ0v) is 14.3. The minimum Gasteiger partial charge on any atom is -0.368 e. The molecule has 0 saturated heterocycles. The van der Waals surface area contributed by atoms with Gasteiger partial charge in [0.1, 0.15) is 10.6 Å². The fraction of sp³-hybridized carbons (Fsp3) is 0.625. The summed E-state index contributed by atoms with van der Waals surface area (Å²) in [6.45, 7) is 8.90. The zero-order valence-electron chi connectivity index (χ0n) is 13.4. The van der Waals surface area contributed by atoms with Gasteiger partial charge < -0.3 is 11.1 Å². The van der Waals surface area contributed by atoms with Crippen LogP contribution >= 0.6 is 11.3 Å². The molecular weight excluding hydrogens is 280 g/mol. The molecule has 0 bridgehead atoms. The molecule has 21 heavy (non-hydrogen) atoms. The van der Waals surface area contributed by atoms with Crippen LogP contribution in [0.25, 0.3) is 10.2 Å². The maximum absolute atomic E-state index is 5.84. The predicted molar refractivity (Wildman–Crippen MR) is 93.0 cm³/mol. The number of fused-ring (bicyclic) bond motifs is 1. The van der Waals surface area contributed by atoms with Gasteiger partial charge in [0.2, 0.25) is 5.95 Å². The second-order valence-electron chi connectivity index (χ2n) is 6.09. The summed E-state index contributed by atoms with van der Waals surface area (Å²) < 4.78 is 0. The lowest BCUT2D eigenvalue weighted by molar-refractivity contribution is 0.520. The van der Waals surface area contributed by atoms with Crippen molar-refractivity contribution in [2.24, 2.45) is 5.92 Å². The van der Waals surface area contributed by atoms with Crippen LogP contribution in [0.3, 0.4) is 0 Å². The largest absolute Gasteiger partial charge is 0.368 e. The monoisotopic (exact) mass is 306 g/mol. The lowest BCUT2D eigenvalue weighted by atomic mass is 10.0. The van der Waals surface area contributed by atoms with Gasteiger partial charge in [-0.3, -0.25) is 0 Å². The molecule has 0 amide bonds. The van der Waals surface area contributed by atoms with Crippen molar-refractivity contribution < 1.29 is 0 Å². The van der Waals surface area contributed by atoms with Crippen molar-refractivity contribution in [2.75, 3.05) is 11.1 Å². The van der Waals surface area contributed by atoms with Gasteiger partial charge in [0.25, 0.3) is 0 Å². The van der Waals surface area contributed by atoms with Crippen molar-refractivity contribution in [1.29, 1.82) is 0 Å². The van der Waals surface area contributed by atoms with E-state index in [1.54, 1.807) is 11.3 Å². The molecule has 5 heteroatoms. The highest BCUT2D eigenvalue weighted by Gasteiger charge is 2.12. The number of hydrogen-bond acceptors (Lipinski definition) is 5. The Hall–Kier alpha value is -1.36. The lowest BCUT2D eigenvalue weighted by Gasteiger charge is -2.15. The molecule has 1 unspecified atom stereocenters. The molecular formula is C16H26N4S. The van der Waals surface area contributed by atoms with Gasteiger partial charge in [-0.2, -0.15) is 4.98 Å². The Morgan fingerprint density at radius 3 is 2.67 bits per heavy atom. The maximum Gasteiger partial charge on any atom is 0.223 e. The standard InChI is InChI=1S/C16H26N4S/c1-5-12-9-13-14(19-16(17)20-15(13)21-12)18-11(4)8-6-7-10(2)3/h9-11H,5-8H2,1-4H3,(H3,17,18,19,20). The number of hydrogen-bond donors (Lipinski definition) is 2. The first-order chi connectivity index (χ1) is 9.99. The number of nitrogens with one attached hydrogen (secondary N) is 1. The highest BCUT2D eigenvalue weighted by atomic mass is 32.1. The normalized spacial score (nSPS) is 13.0. The average Bonchev–Trinajstić information content (AvgIpc) is 2.81. The number of thiophene rings is 1. The van der Waals surface area contributed by atoms with Gasteiger partial charge >= 0.3 is 0 Å². The summed E-state index contributed by atoms with van der Waals surface area (Å²) in [7, 11) is 0. The molecule has 116 valence electrons. The van der Waals surface area contributed by atoms with Crippen molar-refractivity contribution in [3.8, 4) is 0 Å². The second kappa shape index (κ2) is 7.07. The minimum atomic E-state index is 0.351. The topological polar surface area (TPSA) is 63.8 Å². The predicted octanol–water partition coefficient (Wildman–Crippen LogP) is 4.46. The molecule has 0 aliphatic carbocycles. The summed E-state index contributed by atoms with van der Waals surface area (Å²) in [5.41, 5.74) is 5.84. The van der Waals surface area contributed by atoms with E-state index in [-0.39, 0.29) is 0 Å². The molecule has 3 N–H and O–H groups in total. The van der Waals surface area contributed by atoms with Crippen LogP contribution < -0.4 is 11.1 Å². The molecule has 2 aromatic heterocycles. The smallest absolute Gasteiger partial charge is 0.223 e. The van der Waals surface area contributed by atoms with Gasteiger partial charge in [-0.05, 0) is 31.7 Å². The van der Waals surface area contributed by atoms with Crippen LogP contribution in [0.4, 0.5) is 11.8 Å². The second-order valence-corrected chi connectivity index (χ2v) is 7.20. The van der Waals surface area contributed by atoms with Crippen molar-refractivity contribution in [3.63, 3.8) is 0 Å². The van der Waals surface area contributed by atoms with Crippen LogP contribution in [0, 0.1) is 5.92 Å². The molecule has 0 radical (unpaired) electrons. The average molecular weight is 306 g/mol. The summed E-state index contributed by atoms with van der Waals surface area (Å²) in [6.07, 6.45) is 4.67. The van der Waals surface area contributed by atoms with E-state index in [2.05, 4.69) is 49.0 Å². The van der Waals surface area contributed by atoms with Gasteiger partial charge in [-0.1, -0.05) is 33.6 Å². The minimum absolute atomic E-state index is 0.351. The third-order valence-electron chi connectivity index (χ3n) is 3.61. The number of rotatable bonds is 7. The van der Waals surface area contributed by atoms with E-state index in [4.69, 9.17) is 5.73 Å². The van der Waals surface area contributed by atoms with E-state index in [0.29, 0.717) is 12.0 Å². The van der Waals surface area contributed by atoms with Crippen LogP contribution in [0.5, 0.6) is 0 Å². The maximum atomic E-state index is 5.84. The Morgan fingerprint density at radius 1 is 1.24 bits per heavy atom. The molecule has 0 aliphatic heterocycles. The highest BCUT2D eigenvalue weighted by Crippen LogP contribution is 2.30. The molecule has 0 spiro atoms. The van der Waals surface area contributed by atoms with Gasteiger partial charge in [0, 0.05) is 10.9 Å². The Morgan fingerprint density at radius 2 is 2.00 bits per heavy atom. The molecule has 0 aromatic carbocycles. The van der Waals surface area contributed by atoms with Crippen LogP contribution in [0.2, 0.25) is 0 Å². The summed E-state index contributed by atoms with van der Waals surface area (Å²) in [5.74, 6) is 2.00. The SMILES string of the molecule is CCc1cc2c(NC(C)CCCC(C)C)nc(N)nc2s1. The van der Waals surface area contributed by atoms with Gasteiger partial charge in [0.15, 0.2) is 0 Å². The fourth-order valence-corrected chi connectivity index (χ4v) is 3.38. The first-order valence-corrected chi connectivity index (χ1v) is 8.63. The summed E-state index contributed by atoms with van der Waals surface area (Å²) in [5, 5.41) is 4.61. The number of aromatic nitrogens is 2. The van der Waals surface area contributed by atoms with E-state index < -0.39 is 0 Å². The Balaban J connectivity index is 2.11. The fourth-order valence-electron chi connectivity index (χ4n) is 2.41. The number of nitrogen functional groups attached to an aromatic ring is 1. The summed E-state index contributed by atoms with van der Waals surface area (Å²) >= 11 is 1.70. The van der Waals surface area contributed by atoms with E-state index in [1.165, 1.54) is 17.7 Å². The van der Waals surface area contributed by atoms with E-state index in [1.807, 2.05) is 0 Å². The third-order valence-corrected chi connectivity index (χ3v) is 4.78. The van der Waals surface area contributed by atoms with Gasteiger partial charge in [-0.15, -0.1) is 11.3 Å². The zero-order chi connectivity index (χ0) is 15.4. The van der Waals surface area contributed by atoms with Crippen LogP contribution in [0.15, 0.2) is 6.07 Å². The molecule has 2 aromatic rings. The first kappa shape index (κ1) is 16.0. The molecule has 2 heterocycles. The van der Waals surface area contributed by atoms with Crippen LogP contribution in [-0.4, -0.2) is 16.0 Å². The van der Waals surface area contributed by atoms with Gasteiger partial charge in [-0.25, -0.2) is 4.98 Å². The summed E-state index contributed by atoms with van der Waals surface area (Å²) in [4.78, 5) is 11.0. The molecule has 0 saturated carbocycles. The molecule has 4 nitrogen and oxygen atoms in total.